The Bertz CT molecular complexity index is 306. The zero-order valence-corrected chi connectivity index (χ0v) is 19.5. The summed E-state index contributed by atoms with van der Waals surface area (Å²) in [6, 6.07) is 0. The molecule has 2 rings (SSSR count). The van der Waals surface area contributed by atoms with Crippen LogP contribution < -0.4 is 0 Å². The average molecular weight is 371 g/mol. The maximum Gasteiger partial charge on any atom is -0.0183 e. The van der Waals surface area contributed by atoms with E-state index in [1.54, 1.807) is 12.3 Å². The fourth-order valence-corrected chi connectivity index (χ4v) is 14.7. The predicted octanol–water partition coefficient (Wildman–Crippen LogP) is 7.64. The SMILES string of the molecule is CC(C)C1CC[C@@H](C(C)C)P1CCP1[C@H](C(C)C)CC[C@H]1C(C)C. The molecule has 2 aliphatic rings. The molecule has 0 bridgehead atoms. The summed E-state index contributed by atoms with van der Waals surface area (Å²) in [6.45, 7) is 20.0. The molecule has 0 N–H and O–H groups in total. The van der Waals surface area contributed by atoms with Gasteiger partial charge in [0.05, 0.1) is 0 Å². The Morgan fingerprint density at radius 1 is 0.500 bits per heavy atom. The van der Waals surface area contributed by atoms with Crippen LogP contribution in [0.4, 0.5) is 0 Å². The zero-order valence-electron chi connectivity index (χ0n) is 17.8. The van der Waals surface area contributed by atoms with Gasteiger partial charge in [-0.15, -0.1) is 0 Å². The summed E-state index contributed by atoms with van der Waals surface area (Å²) in [6.07, 6.45) is 9.35. The molecule has 2 aliphatic heterocycles. The van der Waals surface area contributed by atoms with Gasteiger partial charge in [-0.05, 0) is 84.3 Å². The molecule has 2 saturated heterocycles. The third-order valence-corrected chi connectivity index (χ3v) is 15.6. The first-order chi connectivity index (χ1) is 11.2. The van der Waals surface area contributed by atoms with Crippen molar-refractivity contribution in [2.24, 2.45) is 23.7 Å². The van der Waals surface area contributed by atoms with Crippen LogP contribution in [-0.2, 0) is 0 Å². The van der Waals surface area contributed by atoms with E-state index in [4.69, 9.17) is 0 Å². The minimum absolute atomic E-state index is 0.273. The molecule has 0 spiro atoms. The Morgan fingerprint density at radius 3 is 0.875 bits per heavy atom. The van der Waals surface area contributed by atoms with Gasteiger partial charge in [0.15, 0.2) is 0 Å². The van der Waals surface area contributed by atoms with Crippen molar-refractivity contribution in [1.82, 2.24) is 0 Å². The van der Waals surface area contributed by atoms with E-state index in [9.17, 15) is 0 Å². The molecule has 0 aromatic rings. The summed E-state index contributed by atoms with van der Waals surface area (Å²) >= 11 is 0. The van der Waals surface area contributed by atoms with Gasteiger partial charge in [-0.25, -0.2) is 0 Å². The van der Waals surface area contributed by atoms with Crippen LogP contribution in [-0.4, -0.2) is 35.0 Å². The van der Waals surface area contributed by atoms with Gasteiger partial charge >= 0.3 is 0 Å². The smallest absolute Gasteiger partial charge is 0.0183 e. The largest absolute Gasteiger partial charge is 0.0995 e. The van der Waals surface area contributed by atoms with E-state index in [1.807, 2.05) is 0 Å². The molecule has 0 amide bonds. The van der Waals surface area contributed by atoms with Gasteiger partial charge < -0.3 is 0 Å². The van der Waals surface area contributed by atoms with Crippen molar-refractivity contribution in [3.05, 3.63) is 0 Å². The summed E-state index contributed by atoms with van der Waals surface area (Å²) in [7, 11) is 0.545. The number of hydrogen-bond acceptors (Lipinski definition) is 0. The van der Waals surface area contributed by atoms with E-state index in [-0.39, 0.29) is 15.8 Å². The minimum Gasteiger partial charge on any atom is -0.0995 e. The van der Waals surface area contributed by atoms with Crippen LogP contribution in [0.5, 0.6) is 0 Å². The van der Waals surface area contributed by atoms with E-state index in [0.29, 0.717) is 0 Å². The van der Waals surface area contributed by atoms with Gasteiger partial charge in [0.2, 0.25) is 0 Å². The third-order valence-electron chi connectivity index (χ3n) is 6.91. The van der Waals surface area contributed by atoms with Crippen LogP contribution in [0.15, 0.2) is 0 Å². The van der Waals surface area contributed by atoms with Crippen molar-refractivity contribution < 1.29 is 0 Å². The van der Waals surface area contributed by atoms with E-state index in [2.05, 4.69) is 55.4 Å². The predicted molar refractivity (Wildman–Crippen MR) is 117 cm³/mol. The van der Waals surface area contributed by atoms with Crippen LogP contribution >= 0.6 is 15.8 Å². The highest BCUT2D eigenvalue weighted by Crippen LogP contribution is 2.65. The highest BCUT2D eigenvalue weighted by atomic mass is 31.1. The molecule has 5 atom stereocenters. The lowest BCUT2D eigenvalue weighted by Crippen LogP contribution is -2.21. The summed E-state index contributed by atoms with van der Waals surface area (Å²) in [5.74, 6) is 3.66. The fraction of sp³-hybridized carbons (Fsp3) is 1.00. The summed E-state index contributed by atoms with van der Waals surface area (Å²) < 4.78 is 0. The highest BCUT2D eigenvalue weighted by molar-refractivity contribution is 7.63. The van der Waals surface area contributed by atoms with Crippen LogP contribution in [0, 0.1) is 23.7 Å². The van der Waals surface area contributed by atoms with Crippen molar-refractivity contribution in [1.29, 1.82) is 0 Å². The Hall–Kier alpha value is 0.860. The molecule has 24 heavy (non-hydrogen) atoms. The van der Waals surface area contributed by atoms with Crippen molar-refractivity contribution in [3.8, 4) is 0 Å². The van der Waals surface area contributed by atoms with Crippen molar-refractivity contribution >= 4 is 15.8 Å². The number of rotatable bonds is 7. The summed E-state index contributed by atoms with van der Waals surface area (Å²) in [5.41, 5.74) is 4.28. The van der Waals surface area contributed by atoms with E-state index in [0.717, 1.165) is 46.3 Å². The lowest BCUT2D eigenvalue weighted by Gasteiger charge is -2.35. The molecular weight excluding hydrogens is 326 g/mol. The van der Waals surface area contributed by atoms with Crippen LogP contribution in [0.1, 0.15) is 81.1 Å². The lowest BCUT2D eigenvalue weighted by atomic mass is 10.0. The van der Waals surface area contributed by atoms with Crippen molar-refractivity contribution in [3.63, 3.8) is 0 Å². The molecule has 0 aliphatic carbocycles. The Labute approximate surface area is 155 Å². The maximum atomic E-state index is 2.50. The quantitative estimate of drug-likeness (QED) is 0.404. The molecule has 142 valence electrons. The molecule has 0 saturated carbocycles. The minimum atomic E-state index is 0.273. The molecule has 0 aromatic heterocycles. The molecule has 2 heteroatoms. The van der Waals surface area contributed by atoms with Gasteiger partial charge in [-0.1, -0.05) is 71.2 Å². The summed E-state index contributed by atoms with van der Waals surface area (Å²) in [4.78, 5) is 0. The van der Waals surface area contributed by atoms with E-state index >= 15 is 0 Å². The van der Waals surface area contributed by atoms with E-state index in [1.165, 1.54) is 25.7 Å². The fourth-order valence-electron chi connectivity index (χ4n) is 5.60. The molecule has 0 nitrogen and oxygen atoms in total. The van der Waals surface area contributed by atoms with Crippen molar-refractivity contribution in [2.45, 2.75) is 104 Å². The first-order valence-electron chi connectivity index (χ1n) is 10.8. The van der Waals surface area contributed by atoms with Gasteiger partial charge in [-0.3, -0.25) is 0 Å². The average Bonchev–Trinajstić information content (AvgIpc) is 3.08. The van der Waals surface area contributed by atoms with Crippen LogP contribution in [0.25, 0.3) is 0 Å². The van der Waals surface area contributed by atoms with Gasteiger partial charge in [0, 0.05) is 0 Å². The molecule has 2 heterocycles. The Balaban J connectivity index is 2.07. The van der Waals surface area contributed by atoms with Gasteiger partial charge in [0.1, 0.15) is 0 Å². The highest BCUT2D eigenvalue weighted by Gasteiger charge is 2.42. The normalized spacial score (nSPS) is 35.2. The van der Waals surface area contributed by atoms with Gasteiger partial charge in [-0.2, -0.15) is 0 Å². The standard InChI is InChI=1S/C22H44P2/c1-15(2)19-9-10-20(16(3)4)23(19)13-14-24-21(17(5)6)11-12-22(24)18(7)8/h15-22H,9-14H2,1-8H3/t19-,20-,21-,22?,24?/m0/s1. The van der Waals surface area contributed by atoms with E-state index < -0.39 is 0 Å². The number of hydrogen-bond donors (Lipinski definition) is 0. The zero-order chi connectivity index (χ0) is 18.0. The second-order valence-corrected chi connectivity index (χ2v) is 15.5. The van der Waals surface area contributed by atoms with Crippen molar-refractivity contribution in [2.75, 3.05) is 12.3 Å². The first kappa shape index (κ1) is 21.2. The molecule has 0 aromatic carbocycles. The lowest BCUT2D eigenvalue weighted by molar-refractivity contribution is 0.543. The monoisotopic (exact) mass is 370 g/mol. The van der Waals surface area contributed by atoms with Crippen LogP contribution in [0.3, 0.4) is 0 Å². The first-order valence-corrected chi connectivity index (χ1v) is 14.1. The molecule has 2 unspecified atom stereocenters. The summed E-state index contributed by atoms with van der Waals surface area (Å²) in [5, 5.41) is 0. The molecule has 2 fully saturated rings. The second-order valence-electron chi connectivity index (χ2n) is 9.88. The Morgan fingerprint density at radius 2 is 0.708 bits per heavy atom. The second kappa shape index (κ2) is 9.18. The topological polar surface area (TPSA) is 0 Å². The Kier molecular flexibility index (Phi) is 8.09. The van der Waals surface area contributed by atoms with Crippen LogP contribution in [0.2, 0.25) is 0 Å². The third kappa shape index (κ3) is 4.77. The maximum absolute atomic E-state index is 2.50. The van der Waals surface area contributed by atoms with Gasteiger partial charge in [0.25, 0.3) is 0 Å². The molecular formula is C22H44P2. The molecule has 0 radical (unpaired) electrons.